The van der Waals surface area contributed by atoms with E-state index in [1.165, 1.54) is 16.7 Å². The third kappa shape index (κ3) is 5.44. The number of amides is 3. The van der Waals surface area contributed by atoms with E-state index < -0.39 is 23.0 Å². The van der Waals surface area contributed by atoms with E-state index in [0.717, 1.165) is 4.90 Å². The Morgan fingerprint density at radius 2 is 1.35 bits per heavy atom. The standard InChI is InChI=1S/C25H16Cl4N2O5S/c26-18-16(17(25(35)36)19(27)21(29)20(18)28)22(32)30-12-6-8-13(9-7-12)37-11-3-10-31-23(33)14-4-1-2-5-15(14)24(31)34/h1-2,4-9H,3,10-11H2,(H,30,32)(H,35,36). The highest BCUT2D eigenvalue weighted by atomic mass is 35.5. The molecule has 0 bridgehead atoms. The smallest absolute Gasteiger partial charge is 0.338 e. The second kappa shape index (κ2) is 11.3. The maximum Gasteiger partial charge on any atom is 0.338 e. The minimum Gasteiger partial charge on any atom is -0.478 e. The van der Waals surface area contributed by atoms with E-state index >= 15 is 0 Å². The summed E-state index contributed by atoms with van der Waals surface area (Å²) in [4.78, 5) is 51.6. The highest BCUT2D eigenvalue weighted by molar-refractivity contribution is 7.99. The van der Waals surface area contributed by atoms with Crippen molar-refractivity contribution in [2.45, 2.75) is 11.3 Å². The molecule has 3 amide bonds. The molecule has 37 heavy (non-hydrogen) atoms. The highest BCUT2D eigenvalue weighted by Gasteiger charge is 2.34. The maximum absolute atomic E-state index is 12.8. The minimum absolute atomic E-state index is 0.226. The van der Waals surface area contributed by atoms with Crippen LogP contribution in [0.2, 0.25) is 20.1 Å². The first-order valence-electron chi connectivity index (χ1n) is 10.7. The first kappa shape index (κ1) is 27.3. The molecule has 0 fully saturated rings. The van der Waals surface area contributed by atoms with Crippen LogP contribution in [0.15, 0.2) is 53.4 Å². The Labute approximate surface area is 235 Å². The molecule has 0 saturated carbocycles. The van der Waals surface area contributed by atoms with Gasteiger partial charge in [0, 0.05) is 17.1 Å². The number of nitrogens with zero attached hydrogens (tertiary/aromatic N) is 1. The van der Waals surface area contributed by atoms with E-state index in [9.17, 15) is 24.3 Å². The molecule has 0 radical (unpaired) electrons. The zero-order valence-electron chi connectivity index (χ0n) is 18.7. The molecule has 190 valence electrons. The number of imide groups is 1. The number of hydrogen-bond donors (Lipinski definition) is 2. The van der Waals surface area contributed by atoms with Gasteiger partial charge in [0.05, 0.1) is 42.3 Å². The number of anilines is 1. The quantitative estimate of drug-likeness (QED) is 0.0949. The second-order valence-electron chi connectivity index (χ2n) is 7.80. The number of hydrogen-bond acceptors (Lipinski definition) is 5. The van der Waals surface area contributed by atoms with Gasteiger partial charge in [0.2, 0.25) is 0 Å². The SMILES string of the molecule is O=C(O)c1c(Cl)c(Cl)c(Cl)c(Cl)c1C(=O)Nc1ccc(SCCCN2C(=O)c3ccccc3C2=O)cc1. The molecule has 1 aliphatic heterocycles. The molecular formula is C25H16Cl4N2O5S. The number of nitrogens with one attached hydrogen (secondary N) is 1. The lowest BCUT2D eigenvalue weighted by Gasteiger charge is -2.14. The van der Waals surface area contributed by atoms with Gasteiger partial charge in [-0.2, -0.15) is 0 Å². The molecule has 0 aromatic heterocycles. The number of rotatable bonds is 8. The molecule has 3 aromatic carbocycles. The molecule has 3 aromatic rings. The fourth-order valence-corrected chi connectivity index (χ4v) is 5.59. The molecule has 0 unspecified atom stereocenters. The van der Waals surface area contributed by atoms with Crippen LogP contribution in [0.3, 0.4) is 0 Å². The number of carboxylic acids is 1. The molecule has 1 aliphatic rings. The maximum atomic E-state index is 12.8. The van der Waals surface area contributed by atoms with E-state index in [4.69, 9.17) is 46.4 Å². The van der Waals surface area contributed by atoms with Crippen LogP contribution >= 0.6 is 58.2 Å². The van der Waals surface area contributed by atoms with Crippen molar-refractivity contribution in [1.82, 2.24) is 4.90 Å². The lowest BCUT2D eigenvalue weighted by molar-refractivity contribution is 0.0651. The fourth-order valence-electron chi connectivity index (χ4n) is 3.73. The molecule has 0 saturated heterocycles. The zero-order valence-corrected chi connectivity index (χ0v) is 22.5. The highest BCUT2D eigenvalue weighted by Crippen LogP contribution is 2.42. The van der Waals surface area contributed by atoms with Crippen LogP contribution in [0.4, 0.5) is 5.69 Å². The van der Waals surface area contributed by atoms with Crippen molar-refractivity contribution in [3.63, 3.8) is 0 Å². The summed E-state index contributed by atoms with van der Waals surface area (Å²) >= 11 is 25.6. The van der Waals surface area contributed by atoms with Crippen molar-refractivity contribution in [1.29, 1.82) is 0 Å². The van der Waals surface area contributed by atoms with E-state index in [1.807, 2.05) is 0 Å². The average Bonchev–Trinajstić information content (AvgIpc) is 3.12. The number of thioether (sulfide) groups is 1. The molecule has 0 aliphatic carbocycles. The van der Waals surface area contributed by atoms with Crippen molar-refractivity contribution in [3.8, 4) is 0 Å². The van der Waals surface area contributed by atoms with Crippen molar-refractivity contribution in [3.05, 3.63) is 90.9 Å². The normalized spacial score (nSPS) is 12.6. The van der Waals surface area contributed by atoms with Gasteiger partial charge in [-0.05, 0) is 48.6 Å². The second-order valence-corrected chi connectivity index (χ2v) is 10.5. The first-order valence-corrected chi connectivity index (χ1v) is 13.2. The molecule has 2 N–H and O–H groups in total. The van der Waals surface area contributed by atoms with Crippen LogP contribution in [0.1, 0.15) is 47.9 Å². The Morgan fingerprint density at radius 3 is 1.89 bits per heavy atom. The molecular weight excluding hydrogens is 582 g/mol. The Hall–Kier alpha value is -2.75. The van der Waals surface area contributed by atoms with E-state index in [2.05, 4.69) is 5.32 Å². The summed E-state index contributed by atoms with van der Waals surface area (Å²) in [5.41, 5.74) is 0.286. The zero-order chi connectivity index (χ0) is 26.9. The number of carbonyl (C=O) groups is 4. The van der Waals surface area contributed by atoms with Gasteiger partial charge in [-0.25, -0.2) is 4.79 Å². The number of aromatic carboxylic acids is 1. The van der Waals surface area contributed by atoms with Gasteiger partial charge >= 0.3 is 5.97 Å². The minimum atomic E-state index is -1.48. The average molecular weight is 598 g/mol. The van der Waals surface area contributed by atoms with Gasteiger partial charge in [-0.15, -0.1) is 11.8 Å². The van der Waals surface area contributed by atoms with E-state index in [1.54, 1.807) is 48.5 Å². The van der Waals surface area contributed by atoms with Crippen LogP contribution in [-0.2, 0) is 0 Å². The van der Waals surface area contributed by atoms with Gasteiger partial charge in [0.1, 0.15) is 0 Å². The lowest BCUT2D eigenvalue weighted by atomic mass is 10.1. The van der Waals surface area contributed by atoms with Gasteiger partial charge in [0.25, 0.3) is 17.7 Å². The van der Waals surface area contributed by atoms with Crippen LogP contribution in [0.25, 0.3) is 0 Å². The summed E-state index contributed by atoms with van der Waals surface area (Å²) in [6.07, 6.45) is 0.600. The lowest BCUT2D eigenvalue weighted by Crippen LogP contribution is -2.30. The number of fused-ring (bicyclic) bond motifs is 1. The largest absolute Gasteiger partial charge is 0.478 e. The van der Waals surface area contributed by atoms with Crippen LogP contribution in [0.5, 0.6) is 0 Å². The van der Waals surface area contributed by atoms with Crippen molar-refractivity contribution >= 4 is 87.5 Å². The summed E-state index contributed by atoms with van der Waals surface area (Å²) in [7, 11) is 0. The third-order valence-electron chi connectivity index (χ3n) is 5.49. The molecule has 1 heterocycles. The van der Waals surface area contributed by atoms with Gasteiger partial charge < -0.3 is 10.4 Å². The molecule has 7 nitrogen and oxygen atoms in total. The fraction of sp³-hybridized carbons (Fsp3) is 0.120. The van der Waals surface area contributed by atoms with Crippen molar-refractivity contribution in [2.24, 2.45) is 0 Å². The Kier molecular flexibility index (Phi) is 8.36. The summed E-state index contributed by atoms with van der Waals surface area (Å²) in [5.74, 6) is -2.20. The molecule has 0 spiro atoms. The van der Waals surface area contributed by atoms with Gasteiger partial charge in [-0.1, -0.05) is 58.5 Å². The van der Waals surface area contributed by atoms with Crippen molar-refractivity contribution < 1.29 is 24.3 Å². The Balaban J connectivity index is 1.35. The summed E-state index contributed by atoms with van der Waals surface area (Å²) < 4.78 is 0. The van der Waals surface area contributed by atoms with Gasteiger partial charge in [-0.3, -0.25) is 19.3 Å². The summed E-state index contributed by atoms with van der Waals surface area (Å²) in [6.45, 7) is 0.312. The number of carbonyl (C=O) groups excluding carboxylic acids is 3. The summed E-state index contributed by atoms with van der Waals surface area (Å²) in [5, 5.41) is 10.9. The Bertz CT molecular complexity index is 1410. The predicted octanol–water partition coefficient (Wildman–Crippen LogP) is 7.03. The Morgan fingerprint density at radius 1 is 0.811 bits per heavy atom. The molecule has 4 rings (SSSR count). The summed E-state index contributed by atoms with van der Waals surface area (Å²) in [6, 6.07) is 13.6. The first-order chi connectivity index (χ1) is 17.6. The van der Waals surface area contributed by atoms with Crippen LogP contribution < -0.4 is 5.32 Å². The van der Waals surface area contributed by atoms with Crippen LogP contribution in [0, 0.1) is 0 Å². The van der Waals surface area contributed by atoms with E-state index in [0.29, 0.717) is 35.5 Å². The van der Waals surface area contributed by atoms with Crippen molar-refractivity contribution in [2.75, 3.05) is 17.6 Å². The number of benzene rings is 3. The molecule has 12 heteroatoms. The molecule has 0 atom stereocenters. The number of halogens is 4. The third-order valence-corrected chi connectivity index (χ3v) is 8.39. The monoisotopic (exact) mass is 596 g/mol. The topological polar surface area (TPSA) is 104 Å². The predicted molar refractivity (Wildman–Crippen MR) is 145 cm³/mol. The van der Waals surface area contributed by atoms with Gasteiger partial charge in [0.15, 0.2) is 0 Å². The van der Waals surface area contributed by atoms with E-state index in [-0.39, 0.29) is 31.9 Å². The number of carboxylic acid groups (broad SMARTS) is 1. The van der Waals surface area contributed by atoms with Crippen LogP contribution in [-0.4, -0.2) is 46.0 Å².